The summed E-state index contributed by atoms with van der Waals surface area (Å²) in [4.78, 5) is 0. The zero-order chi connectivity index (χ0) is 14.4. The van der Waals surface area contributed by atoms with Gasteiger partial charge in [0.25, 0.3) is 0 Å². The molecule has 0 aromatic heterocycles. The molecule has 0 bridgehead atoms. The fourth-order valence-electron chi connectivity index (χ4n) is 3.47. The van der Waals surface area contributed by atoms with Crippen LogP contribution in [0.5, 0.6) is 0 Å². The lowest BCUT2D eigenvalue weighted by atomic mass is 9.68. The summed E-state index contributed by atoms with van der Waals surface area (Å²) in [5.41, 5.74) is 0.951. The van der Waals surface area contributed by atoms with E-state index in [0.29, 0.717) is 5.88 Å². The molecule has 1 aromatic rings. The summed E-state index contributed by atoms with van der Waals surface area (Å²) in [6, 6.07) is 7.15. The quantitative estimate of drug-likeness (QED) is 0.567. The zero-order valence-corrected chi connectivity index (χ0v) is 13.3. The lowest BCUT2D eigenvalue weighted by molar-refractivity contribution is 0.164. The third-order valence-electron chi connectivity index (χ3n) is 4.94. The SMILES string of the molecule is CCCCC1CCC(CCl)(Cc2ccccc2F)CC1. The highest BCUT2D eigenvalue weighted by Gasteiger charge is 2.35. The maximum Gasteiger partial charge on any atom is 0.126 e. The van der Waals surface area contributed by atoms with E-state index in [1.165, 1.54) is 32.1 Å². The van der Waals surface area contributed by atoms with Crippen LogP contribution in [0.1, 0.15) is 57.4 Å². The summed E-state index contributed by atoms with van der Waals surface area (Å²) in [5, 5.41) is 0. The molecule has 0 nitrogen and oxygen atoms in total. The molecule has 1 aromatic carbocycles. The maximum absolute atomic E-state index is 13.9. The van der Waals surface area contributed by atoms with Crippen LogP contribution in [-0.2, 0) is 6.42 Å². The minimum Gasteiger partial charge on any atom is -0.207 e. The summed E-state index contributed by atoms with van der Waals surface area (Å²) in [6.07, 6.45) is 9.61. The second kappa shape index (κ2) is 7.45. The van der Waals surface area contributed by atoms with Crippen molar-refractivity contribution < 1.29 is 4.39 Å². The Morgan fingerprint density at radius 2 is 1.95 bits per heavy atom. The Morgan fingerprint density at radius 3 is 2.55 bits per heavy atom. The number of hydrogen-bond donors (Lipinski definition) is 0. The first-order valence-electron chi connectivity index (χ1n) is 7.98. The number of benzene rings is 1. The van der Waals surface area contributed by atoms with Crippen LogP contribution in [0.25, 0.3) is 0 Å². The molecule has 1 aliphatic rings. The maximum atomic E-state index is 13.9. The van der Waals surface area contributed by atoms with Gasteiger partial charge in [-0.1, -0.05) is 44.4 Å². The van der Waals surface area contributed by atoms with Gasteiger partial charge in [0.2, 0.25) is 0 Å². The average molecular weight is 297 g/mol. The lowest BCUT2D eigenvalue weighted by Gasteiger charge is -2.39. The second-order valence-electron chi connectivity index (χ2n) is 6.49. The Hall–Kier alpha value is -0.560. The average Bonchev–Trinajstić information content (AvgIpc) is 2.49. The standard InChI is InChI=1S/C18H26ClF/c1-2-3-6-15-9-11-18(14-19,12-10-15)13-16-7-4-5-8-17(16)20/h4-5,7-8,15H,2-3,6,9-14H2,1H3. The van der Waals surface area contributed by atoms with E-state index in [4.69, 9.17) is 11.6 Å². The Kier molecular flexibility index (Phi) is 5.89. The van der Waals surface area contributed by atoms with Gasteiger partial charge < -0.3 is 0 Å². The van der Waals surface area contributed by atoms with E-state index in [-0.39, 0.29) is 11.2 Å². The van der Waals surface area contributed by atoms with Gasteiger partial charge in [0, 0.05) is 5.88 Å². The minimum absolute atomic E-state index is 0.0786. The fourth-order valence-corrected chi connectivity index (χ4v) is 3.84. The van der Waals surface area contributed by atoms with Crippen LogP contribution in [0, 0.1) is 17.2 Å². The van der Waals surface area contributed by atoms with Gasteiger partial charge >= 0.3 is 0 Å². The smallest absolute Gasteiger partial charge is 0.126 e. The molecular formula is C18H26ClF. The molecular weight excluding hydrogens is 271 g/mol. The number of hydrogen-bond acceptors (Lipinski definition) is 0. The van der Waals surface area contributed by atoms with E-state index in [2.05, 4.69) is 6.92 Å². The van der Waals surface area contributed by atoms with Crippen LogP contribution < -0.4 is 0 Å². The first kappa shape index (κ1) is 15.8. The van der Waals surface area contributed by atoms with Crippen molar-refractivity contribution in [1.29, 1.82) is 0 Å². The van der Waals surface area contributed by atoms with E-state index < -0.39 is 0 Å². The van der Waals surface area contributed by atoms with Crippen LogP contribution >= 0.6 is 11.6 Å². The lowest BCUT2D eigenvalue weighted by Crippen LogP contribution is -2.32. The van der Waals surface area contributed by atoms with Crippen molar-refractivity contribution in [2.75, 3.05) is 5.88 Å². The number of rotatable bonds is 6. The molecule has 112 valence electrons. The Morgan fingerprint density at radius 1 is 1.25 bits per heavy atom. The van der Waals surface area contributed by atoms with Crippen molar-refractivity contribution in [3.05, 3.63) is 35.6 Å². The summed E-state index contributed by atoms with van der Waals surface area (Å²) in [5.74, 6) is 1.44. The third kappa shape index (κ3) is 3.97. The summed E-state index contributed by atoms with van der Waals surface area (Å²) < 4.78 is 13.9. The van der Waals surface area contributed by atoms with Gasteiger partial charge in [-0.2, -0.15) is 0 Å². The molecule has 0 radical (unpaired) electrons. The van der Waals surface area contributed by atoms with Crippen molar-refractivity contribution >= 4 is 11.6 Å². The van der Waals surface area contributed by atoms with E-state index >= 15 is 0 Å². The van der Waals surface area contributed by atoms with Gasteiger partial charge in [-0.25, -0.2) is 4.39 Å². The normalized spacial score (nSPS) is 26.6. The molecule has 0 aliphatic heterocycles. The summed E-state index contributed by atoms with van der Waals surface area (Å²) >= 11 is 6.27. The van der Waals surface area contributed by atoms with Crippen LogP contribution in [0.15, 0.2) is 24.3 Å². The van der Waals surface area contributed by atoms with Crippen molar-refractivity contribution in [2.24, 2.45) is 11.3 Å². The molecule has 0 heterocycles. The largest absolute Gasteiger partial charge is 0.207 e. The van der Waals surface area contributed by atoms with Crippen molar-refractivity contribution in [3.8, 4) is 0 Å². The monoisotopic (exact) mass is 296 g/mol. The predicted molar refractivity (Wildman–Crippen MR) is 84.7 cm³/mol. The molecule has 1 aliphatic carbocycles. The first-order valence-corrected chi connectivity index (χ1v) is 8.52. The van der Waals surface area contributed by atoms with Gasteiger partial charge in [-0.3, -0.25) is 0 Å². The van der Waals surface area contributed by atoms with Crippen LogP contribution in [-0.4, -0.2) is 5.88 Å². The van der Waals surface area contributed by atoms with Crippen molar-refractivity contribution in [2.45, 2.75) is 58.3 Å². The van der Waals surface area contributed by atoms with E-state index in [9.17, 15) is 4.39 Å². The first-order chi connectivity index (χ1) is 9.69. The topological polar surface area (TPSA) is 0 Å². The molecule has 2 rings (SSSR count). The second-order valence-corrected chi connectivity index (χ2v) is 6.75. The molecule has 20 heavy (non-hydrogen) atoms. The van der Waals surface area contributed by atoms with Gasteiger partial charge in [-0.15, -0.1) is 11.6 Å². The molecule has 0 unspecified atom stereocenters. The highest BCUT2D eigenvalue weighted by atomic mass is 35.5. The Bertz CT molecular complexity index is 408. The van der Waals surface area contributed by atoms with Crippen LogP contribution in [0.3, 0.4) is 0 Å². The molecule has 0 saturated heterocycles. The molecule has 0 spiro atoms. The highest BCUT2D eigenvalue weighted by molar-refractivity contribution is 6.18. The minimum atomic E-state index is -0.0786. The number of unbranched alkanes of at least 4 members (excludes halogenated alkanes) is 1. The summed E-state index contributed by atoms with van der Waals surface area (Å²) in [7, 11) is 0. The summed E-state index contributed by atoms with van der Waals surface area (Å²) in [6.45, 7) is 2.25. The van der Waals surface area contributed by atoms with Gasteiger partial charge in [0.1, 0.15) is 5.82 Å². The Balaban J connectivity index is 1.97. The van der Waals surface area contributed by atoms with Crippen LogP contribution in [0.2, 0.25) is 0 Å². The van der Waals surface area contributed by atoms with Crippen LogP contribution in [0.4, 0.5) is 4.39 Å². The fraction of sp³-hybridized carbons (Fsp3) is 0.667. The molecule has 0 atom stereocenters. The van der Waals surface area contributed by atoms with Crippen molar-refractivity contribution in [3.63, 3.8) is 0 Å². The van der Waals surface area contributed by atoms with Gasteiger partial charge in [-0.05, 0) is 55.1 Å². The van der Waals surface area contributed by atoms with E-state index in [1.54, 1.807) is 12.1 Å². The van der Waals surface area contributed by atoms with E-state index in [0.717, 1.165) is 30.7 Å². The number of halogens is 2. The molecule has 1 saturated carbocycles. The zero-order valence-electron chi connectivity index (χ0n) is 12.5. The molecule has 1 fully saturated rings. The Labute approximate surface area is 127 Å². The highest BCUT2D eigenvalue weighted by Crippen LogP contribution is 2.44. The van der Waals surface area contributed by atoms with E-state index in [1.807, 2.05) is 12.1 Å². The third-order valence-corrected chi connectivity index (χ3v) is 5.51. The molecule has 2 heteroatoms. The molecule has 0 amide bonds. The van der Waals surface area contributed by atoms with Gasteiger partial charge in [0.05, 0.1) is 0 Å². The van der Waals surface area contributed by atoms with Gasteiger partial charge in [0.15, 0.2) is 0 Å². The number of alkyl halides is 1. The van der Waals surface area contributed by atoms with Crippen molar-refractivity contribution in [1.82, 2.24) is 0 Å². The predicted octanol–water partition coefficient (Wildman–Crippen LogP) is 5.97. The molecule has 0 N–H and O–H groups in total.